The van der Waals surface area contributed by atoms with Gasteiger partial charge in [0.05, 0.1) is 14.9 Å². The van der Waals surface area contributed by atoms with Gasteiger partial charge in [0.1, 0.15) is 0 Å². The lowest BCUT2D eigenvalue weighted by atomic mass is 9.73. The standard InChI is InChI=1S/C11H23O3P/c1-10(2,3)7-11(4,5)8(15-14)6-9(12)13/h8H,6-7,15H2,1-5H3,(H,12,13)/t8-/m0/s1. The summed E-state index contributed by atoms with van der Waals surface area (Å²) in [5, 5.41) is 8.75. The molecule has 0 aliphatic carbocycles. The molecule has 0 amide bonds. The van der Waals surface area contributed by atoms with E-state index in [1.807, 2.05) is 13.8 Å². The van der Waals surface area contributed by atoms with Gasteiger partial charge in [0.25, 0.3) is 0 Å². The fourth-order valence-electron chi connectivity index (χ4n) is 2.19. The van der Waals surface area contributed by atoms with E-state index >= 15 is 0 Å². The molecule has 0 saturated heterocycles. The second-order valence-electron chi connectivity index (χ2n) is 6.07. The zero-order chi connectivity index (χ0) is 12.3. The van der Waals surface area contributed by atoms with Crippen molar-refractivity contribution in [2.45, 2.75) is 53.1 Å². The zero-order valence-electron chi connectivity index (χ0n) is 10.3. The highest BCUT2D eigenvalue weighted by Crippen LogP contribution is 2.41. The van der Waals surface area contributed by atoms with E-state index in [-0.39, 0.29) is 22.9 Å². The van der Waals surface area contributed by atoms with Crippen LogP contribution in [0.4, 0.5) is 0 Å². The van der Waals surface area contributed by atoms with E-state index in [0.717, 1.165) is 6.42 Å². The SMILES string of the molecule is CC(C)(C)CC(C)(C)[C@H](CC(=O)O)[PH2]=O. The summed E-state index contributed by atoms with van der Waals surface area (Å²) < 4.78 is 11.1. The van der Waals surface area contributed by atoms with Gasteiger partial charge < -0.3 is 9.67 Å². The number of hydrogen-bond acceptors (Lipinski definition) is 2. The maximum absolute atomic E-state index is 11.1. The van der Waals surface area contributed by atoms with Crippen molar-refractivity contribution in [3.63, 3.8) is 0 Å². The maximum atomic E-state index is 11.1. The third-order valence-corrected chi connectivity index (χ3v) is 4.02. The quantitative estimate of drug-likeness (QED) is 0.744. The minimum Gasteiger partial charge on any atom is -0.481 e. The molecule has 90 valence electrons. The summed E-state index contributed by atoms with van der Waals surface area (Å²) >= 11 is 0. The largest absolute Gasteiger partial charge is 0.481 e. The second-order valence-corrected chi connectivity index (χ2v) is 7.14. The second kappa shape index (κ2) is 5.16. The van der Waals surface area contributed by atoms with Crippen LogP contribution in [0.2, 0.25) is 0 Å². The third-order valence-electron chi connectivity index (χ3n) is 2.55. The van der Waals surface area contributed by atoms with Crippen molar-refractivity contribution in [2.75, 3.05) is 0 Å². The summed E-state index contributed by atoms with van der Waals surface area (Å²) in [6.45, 7) is 10.4. The monoisotopic (exact) mass is 234 g/mol. The van der Waals surface area contributed by atoms with Crippen LogP contribution in [0.3, 0.4) is 0 Å². The van der Waals surface area contributed by atoms with E-state index in [1.54, 1.807) is 0 Å². The van der Waals surface area contributed by atoms with Crippen molar-refractivity contribution in [1.82, 2.24) is 0 Å². The predicted octanol–water partition coefficient (Wildman–Crippen LogP) is 3.05. The van der Waals surface area contributed by atoms with Crippen molar-refractivity contribution >= 4 is 14.4 Å². The highest BCUT2D eigenvalue weighted by molar-refractivity contribution is 7.24. The Morgan fingerprint density at radius 3 is 2.00 bits per heavy atom. The maximum Gasteiger partial charge on any atom is 0.304 e. The van der Waals surface area contributed by atoms with Crippen LogP contribution in [-0.2, 0) is 9.36 Å². The molecule has 0 bridgehead atoms. The Labute approximate surface area is 93.5 Å². The van der Waals surface area contributed by atoms with Crippen LogP contribution in [-0.4, -0.2) is 16.7 Å². The molecule has 0 rings (SSSR count). The van der Waals surface area contributed by atoms with Crippen molar-refractivity contribution in [2.24, 2.45) is 10.8 Å². The first kappa shape index (κ1) is 14.7. The van der Waals surface area contributed by atoms with Gasteiger partial charge >= 0.3 is 5.97 Å². The lowest BCUT2D eigenvalue weighted by Crippen LogP contribution is -2.31. The Morgan fingerprint density at radius 1 is 1.27 bits per heavy atom. The molecular weight excluding hydrogens is 211 g/mol. The Hall–Kier alpha value is -0.300. The number of carboxylic acid groups (broad SMARTS) is 1. The van der Waals surface area contributed by atoms with Crippen molar-refractivity contribution in [3.8, 4) is 0 Å². The smallest absolute Gasteiger partial charge is 0.304 e. The van der Waals surface area contributed by atoms with Gasteiger partial charge in [0.15, 0.2) is 0 Å². The molecule has 1 N–H and O–H groups in total. The first-order chi connectivity index (χ1) is 6.58. The van der Waals surface area contributed by atoms with Gasteiger partial charge in [-0.3, -0.25) is 4.79 Å². The highest BCUT2D eigenvalue weighted by Gasteiger charge is 2.34. The lowest BCUT2D eigenvalue weighted by molar-refractivity contribution is -0.137. The van der Waals surface area contributed by atoms with Gasteiger partial charge in [-0.15, -0.1) is 0 Å². The van der Waals surface area contributed by atoms with Gasteiger partial charge in [0.2, 0.25) is 0 Å². The average molecular weight is 234 g/mol. The number of carboxylic acids is 1. The van der Waals surface area contributed by atoms with Crippen molar-refractivity contribution in [1.29, 1.82) is 0 Å². The first-order valence-electron chi connectivity index (χ1n) is 5.25. The fraction of sp³-hybridized carbons (Fsp3) is 0.909. The minimum atomic E-state index is -1.04. The summed E-state index contributed by atoms with van der Waals surface area (Å²) in [4.78, 5) is 10.7. The lowest BCUT2D eigenvalue weighted by Gasteiger charge is -2.36. The molecule has 0 aliphatic heterocycles. The Kier molecular flexibility index (Phi) is 5.05. The number of hydrogen-bond donors (Lipinski definition) is 1. The first-order valence-corrected chi connectivity index (χ1v) is 6.39. The van der Waals surface area contributed by atoms with E-state index in [0.29, 0.717) is 0 Å². The van der Waals surface area contributed by atoms with Gasteiger partial charge in [-0.2, -0.15) is 0 Å². The van der Waals surface area contributed by atoms with Crippen molar-refractivity contribution in [3.05, 3.63) is 0 Å². The molecule has 4 heteroatoms. The van der Waals surface area contributed by atoms with E-state index in [2.05, 4.69) is 20.8 Å². The van der Waals surface area contributed by atoms with Gasteiger partial charge in [-0.05, 0) is 17.3 Å². The molecule has 0 aromatic heterocycles. The molecule has 0 spiro atoms. The van der Waals surface area contributed by atoms with Crippen LogP contribution < -0.4 is 0 Å². The van der Waals surface area contributed by atoms with E-state index < -0.39 is 14.4 Å². The van der Waals surface area contributed by atoms with Gasteiger partial charge in [-0.1, -0.05) is 34.6 Å². The molecule has 0 radical (unpaired) electrons. The zero-order valence-corrected chi connectivity index (χ0v) is 11.5. The topological polar surface area (TPSA) is 54.4 Å². The van der Waals surface area contributed by atoms with E-state index in [9.17, 15) is 9.36 Å². The number of rotatable bonds is 5. The molecular formula is C11H23O3P. The molecule has 0 heterocycles. The molecule has 2 atom stereocenters. The van der Waals surface area contributed by atoms with Crippen LogP contribution in [0.1, 0.15) is 47.5 Å². The van der Waals surface area contributed by atoms with Crippen LogP contribution in [0.25, 0.3) is 0 Å². The molecule has 3 nitrogen and oxygen atoms in total. The molecule has 0 saturated carbocycles. The summed E-state index contributed by atoms with van der Waals surface area (Å²) in [5.74, 6) is -0.856. The third kappa shape index (κ3) is 5.99. The van der Waals surface area contributed by atoms with Crippen LogP contribution >= 0.6 is 8.46 Å². The molecule has 1 unspecified atom stereocenters. The molecule has 0 aromatic rings. The van der Waals surface area contributed by atoms with Crippen LogP contribution in [0.15, 0.2) is 0 Å². The highest BCUT2D eigenvalue weighted by atomic mass is 31.1. The predicted molar refractivity (Wildman–Crippen MR) is 64.3 cm³/mol. The summed E-state index contributed by atoms with van der Waals surface area (Å²) in [6.07, 6.45) is 0.898. The molecule has 0 fully saturated rings. The average Bonchev–Trinajstić information content (AvgIpc) is 1.94. The summed E-state index contributed by atoms with van der Waals surface area (Å²) in [5.41, 5.74) is -0.239. The fourth-order valence-corrected chi connectivity index (χ4v) is 2.98. The Balaban J connectivity index is 4.65. The molecule has 15 heavy (non-hydrogen) atoms. The van der Waals surface area contributed by atoms with Gasteiger partial charge in [-0.25, -0.2) is 0 Å². The van der Waals surface area contributed by atoms with Crippen LogP contribution in [0, 0.1) is 10.8 Å². The number of aliphatic carboxylic acids is 1. The van der Waals surface area contributed by atoms with E-state index in [4.69, 9.17) is 5.11 Å². The normalized spacial score (nSPS) is 15.8. The summed E-state index contributed by atoms with van der Waals surface area (Å²) in [6, 6.07) is 0. The summed E-state index contributed by atoms with van der Waals surface area (Å²) in [7, 11) is -1.04. The molecule has 0 aliphatic rings. The van der Waals surface area contributed by atoms with Crippen LogP contribution in [0.5, 0.6) is 0 Å². The van der Waals surface area contributed by atoms with Gasteiger partial charge in [0, 0.05) is 5.66 Å². The van der Waals surface area contributed by atoms with E-state index in [1.165, 1.54) is 0 Å². The Bertz CT molecular complexity index is 241. The number of carbonyl (C=O) groups is 1. The minimum absolute atomic E-state index is 0.0158. The Morgan fingerprint density at radius 2 is 1.73 bits per heavy atom. The van der Waals surface area contributed by atoms with Crippen molar-refractivity contribution < 1.29 is 14.5 Å². The molecule has 0 aromatic carbocycles.